The molecule has 2 aromatic rings. The van der Waals surface area contributed by atoms with Gasteiger partial charge < -0.3 is 14.4 Å². The Bertz CT molecular complexity index is 1170. The van der Waals surface area contributed by atoms with Crippen LogP contribution in [0.25, 0.3) is 0 Å². The number of piperidine rings is 1. The largest absolute Gasteiger partial charge is 0.493 e. The van der Waals surface area contributed by atoms with Crippen molar-refractivity contribution in [2.75, 3.05) is 33.9 Å². The quantitative estimate of drug-likeness (QED) is 0.631. The fraction of sp³-hybridized carbons (Fsp3) is 0.458. The number of nitrogens with zero attached hydrogens (tertiary/aromatic N) is 2. The van der Waals surface area contributed by atoms with Crippen LogP contribution in [0, 0.1) is 5.92 Å². The summed E-state index contributed by atoms with van der Waals surface area (Å²) in [6, 6.07) is 8.35. The molecule has 4 rings (SSSR count). The van der Waals surface area contributed by atoms with Gasteiger partial charge in [-0.25, -0.2) is 8.42 Å². The van der Waals surface area contributed by atoms with Gasteiger partial charge in [0.25, 0.3) is 5.91 Å². The van der Waals surface area contributed by atoms with Crippen LogP contribution >= 0.6 is 11.6 Å². The number of benzene rings is 2. The topological polar surface area (TPSA) is 76.1 Å². The summed E-state index contributed by atoms with van der Waals surface area (Å²) in [6.07, 6.45) is 2.50. The maximum absolute atomic E-state index is 13.3. The highest BCUT2D eigenvalue weighted by molar-refractivity contribution is 7.89. The van der Waals surface area contributed by atoms with Gasteiger partial charge in [-0.3, -0.25) is 4.79 Å². The molecule has 0 N–H and O–H groups in total. The molecule has 0 bridgehead atoms. The molecule has 0 saturated carbocycles. The minimum Gasteiger partial charge on any atom is -0.493 e. The van der Waals surface area contributed by atoms with Gasteiger partial charge in [0.05, 0.1) is 19.2 Å². The molecular formula is C24H29ClN2O5S. The maximum Gasteiger partial charge on any atom is 0.254 e. The van der Waals surface area contributed by atoms with Crippen LogP contribution < -0.4 is 9.47 Å². The number of ether oxygens (including phenoxy) is 2. The molecule has 1 fully saturated rings. The van der Waals surface area contributed by atoms with Crippen LogP contribution in [0.5, 0.6) is 11.5 Å². The molecule has 2 aliphatic rings. The first-order valence-corrected chi connectivity index (χ1v) is 12.9. The number of carbonyl (C=O) groups is 1. The van der Waals surface area contributed by atoms with Crippen LogP contribution in [-0.4, -0.2) is 57.4 Å². The molecule has 1 atom stereocenters. The number of halogens is 1. The molecule has 0 spiro atoms. The van der Waals surface area contributed by atoms with Crippen molar-refractivity contribution in [2.45, 2.75) is 37.6 Å². The summed E-state index contributed by atoms with van der Waals surface area (Å²) in [5.74, 6) is 1.34. The molecule has 2 aliphatic heterocycles. The van der Waals surface area contributed by atoms with Gasteiger partial charge in [0.1, 0.15) is 4.90 Å². The smallest absolute Gasteiger partial charge is 0.254 e. The first kappa shape index (κ1) is 23.9. The van der Waals surface area contributed by atoms with E-state index >= 15 is 0 Å². The van der Waals surface area contributed by atoms with Crippen molar-refractivity contribution < 1.29 is 22.7 Å². The summed E-state index contributed by atoms with van der Waals surface area (Å²) in [5.41, 5.74) is 2.40. The molecular weight excluding hydrogens is 464 g/mol. The predicted molar refractivity (Wildman–Crippen MR) is 127 cm³/mol. The van der Waals surface area contributed by atoms with E-state index in [1.807, 2.05) is 19.1 Å². The molecule has 1 saturated heterocycles. The van der Waals surface area contributed by atoms with Crippen molar-refractivity contribution in [3.8, 4) is 11.5 Å². The van der Waals surface area contributed by atoms with Crippen molar-refractivity contribution in [3.63, 3.8) is 0 Å². The van der Waals surface area contributed by atoms with Gasteiger partial charge in [0.2, 0.25) is 10.0 Å². The van der Waals surface area contributed by atoms with E-state index in [9.17, 15) is 13.2 Å². The maximum atomic E-state index is 13.3. The van der Waals surface area contributed by atoms with Crippen molar-refractivity contribution in [1.29, 1.82) is 0 Å². The van der Waals surface area contributed by atoms with Crippen molar-refractivity contribution in [1.82, 2.24) is 9.21 Å². The van der Waals surface area contributed by atoms with Gasteiger partial charge in [-0.05, 0) is 66.6 Å². The molecule has 1 amide bonds. The molecule has 0 radical (unpaired) electrons. The summed E-state index contributed by atoms with van der Waals surface area (Å²) < 4.78 is 38.8. The molecule has 0 aliphatic carbocycles. The molecule has 178 valence electrons. The fourth-order valence-electron chi connectivity index (χ4n) is 4.58. The summed E-state index contributed by atoms with van der Waals surface area (Å²) in [7, 11) is -0.603. The predicted octanol–water partition coefficient (Wildman–Crippen LogP) is 3.98. The lowest BCUT2D eigenvalue weighted by Gasteiger charge is -2.31. The van der Waals surface area contributed by atoms with Crippen LogP contribution in [0.2, 0.25) is 5.02 Å². The monoisotopic (exact) mass is 492 g/mol. The van der Waals surface area contributed by atoms with Gasteiger partial charge in [0.15, 0.2) is 11.5 Å². The molecule has 7 nitrogen and oxygen atoms in total. The Morgan fingerprint density at radius 2 is 1.76 bits per heavy atom. The average molecular weight is 493 g/mol. The Morgan fingerprint density at radius 1 is 1.06 bits per heavy atom. The van der Waals surface area contributed by atoms with E-state index in [0.29, 0.717) is 55.6 Å². The minimum atomic E-state index is -3.78. The zero-order valence-electron chi connectivity index (χ0n) is 19.1. The second-order valence-electron chi connectivity index (χ2n) is 8.71. The summed E-state index contributed by atoms with van der Waals surface area (Å²) in [4.78, 5) is 15.0. The van der Waals surface area contributed by atoms with E-state index in [4.69, 9.17) is 21.1 Å². The lowest BCUT2D eigenvalue weighted by Crippen LogP contribution is -2.39. The first-order valence-electron chi connectivity index (χ1n) is 11.1. The second kappa shape index (κ2) is 9.52. The van der Waals surface area contributed by atoms with Crippen LogP contribution in [0.15, 0.2) is 35.2 Å². The Morgan fingerprint density at radius 3 is 2.42 bits per heavy atom. The van der Waals surface area contributed by atoms with Gasteiger partial charge in [0, 0.05) is 31.7 Å². The molecule has 33 heavy (non-hydrogen) atoms. The van der Waals surface area contributed by atoms with Crippen LogP contribution in [0.1, 0.15) is 41.3 Å². The number of amides is 1. The Hall–Kier alpha value is -2.29. The van der Waals surface area contributed by atoms with E-state index in [0.717, 1.165) is 24.0 Å². The van der Waals surface area contributed by atoms with E-state index in [2.05, 4.69) is 0 Å². The third-order valence-corrected chi connectivity index (χ3v) is 8.77. The minimum absolute atomic E-state index is 0.00654. The molecule has 0 aromatic heterocycles. The summed E-state index contributed by atoms with van der Waals surface area (Å²) >= 11 is 6.30. The average Bonchev–Trinajstić information content (AvgIpc) is 2.82. The van der Waals surface area contributed by atoms with Crippen molar-refractivity contribution in [2.24, 2.45) is 5.92 Å². The zero-order chi connectivity index (χ0) is 23.8. The van der Waals surface area contributed by atoms with Gasteiger partial charge in [-0.2, -0.15) is 4.31 Å². The lowest BCUT2D eigenvalue weighted by molar-refractivity contribution is 0.0734. The number of hydrogen-bond acceptors (Lipinski definition) is 5. The summed E-state index contributed by atoms with van der Waals surface area (Å²) in [5, 5.41) is 0.130. The highest BCUT2D eigenvalue weighted by Crippen LogP contribution is 2.34. The highest BCUT2D eigenvalue weighted by atomic mass is 35.5. The molecule has 2 heterocycles. The Balaban J connectivity index is 1.60. The van der Waals surface area contributed by atoms with Crippen molar-refractivity contribution in [3.05, 3.63) is 52.0 Å². The van der Waals surface area contributed by atoms with Gasteiger partial charge in [-0.1, -0.05) is 18.5 Å². The Labute approximate surface area is 200 Å². The molecule has 9 heteroatoms. The van der Waals surface area contributed by atoms with Crippen molar-refractivity contribution >= 4 is 27.5 Å². The number of hydrogen-bond donors (Lipinski definition) is 0. The number of rotatable bonds is 5. The van der Waals surface area contributed by atoms with E-state index in [1.54, 1.807) is 25.2 Å². The zero-order valence-corrected chi connectivity index (χ0v) is 20.7. The first-order chi connectivity index (χ1) is 15.7. The van der Waals surface area contributed by atoms with Crippen LogP contribution in [0.4, 0.5) is 0 Å². The standard InChI is InChI=1S/C24H29ClN2O5S/c1-16-5-4-9-27(14-16)33(29,30)23-13-18(6-7-20(23)25)24(28)26-10-8-17-11-21(31-2)22(32-3)12-19(17)15-26/h6-7,11-13,16H,4-5,8-10,14-15H2,1-3H3. The Kier molecular flexibility index (Phi) is 6.88. The lowest BCUT2D eigenvalue weighted by atomic mass is 9.98. The van der Waals surface area contributed by atoms with E-state index < -0.39 is 10.0 Å². The number of sulfonamides is 1. The van der Waals surface area contributed by atoms with E-state index in [-0.39, 0.29) is 15.8 Å². The summed E-state index contributed by atoms with van der Waals surface area (Å²) in [6.45, 7) is 3.90. The van der Waals surface area contributed by atoms with Gasteiger partial charge in [-0.15, -0.1) is 0 Å². The molecule has 2 aromatic carbocycles. The van der Waals surface area contributed by atoms with Crippen LogP contribution in [-0.2, 0) is 23.0 Å². The normalized spacial score (nSPS) is 19.2. The third kappa shape index (κ3) is 4.69. The SMILES string of the molecule is COc1cc2c(cc1OC)CN(C(=O)c1ccc(Cl)c(S(=O)(=O)N3CCCC(C)C3)c1)CC2. The number of fused-ring (bicyclic) bond motifs is 1. The second-order valence-corrected chi connectivity index (χ2v) is 11.0. The third-order valence-electron chi connectivity index (χ3n) is 6.42. The molecule has 1 unspecified atom stereocenters. The van der Waals surface area contributed by atoms with Crippen LogP contribution in [0.3, 0.4) is 0 Å². The fourth-order valence-corrected chi connectivity index (χ4v) is 6.68. The number of carbonyl (C=O) groups excluding carboxylic acids is 1. The van der Waals surface area contributed by atoms with Gasteiger partial charge >= 0.3 is 0 Å². The highest BCUT2D eigenvalue weighted by Gasteiger charge is 2.32. The van der Waals surface area contributed by atoms with E-state index in [1.165, 1.54) is 16.4 Å². The number of methoxy groups -OCH3 is 2.